The van der Waals surface area contributed by atoms with Gasteiger partial charge in [-0.1, -0.05) is 66.7 Å². The highest BCUT2D eigenvalue weighted by Gasteiger charge is 2.30. The minimum atomic E-state index is -1.18. The highest BCUT2D eigenvalue weighted by atomic mass is 16.6. The minimum Gasteiger partial charge on any atom is -0.480 e. The van der Waals surface area contributed by atoms with E-state index in [0.29, 0.717) is 11.1 Å². The maximum Gasteiger partial charge on any atom is 0.407 e. The van der Waals surface area contributed by atoms with Crippen LogP contribution < -0.4 is 5.32 Å². The number of carboxylic acids is 1. The van der Waals surface area contributed by atoms with Gasteiger partial charge in [0.1, 0.15) is 18.2 Å². The van der Waals surface area contributed by atoms with Gasteiger partial charge in [-0.2, -0.15) is 0 Å². The number of aliphatic carboxylic acids is 1. The number of rotatable bonds is 8. The first-order valence-electron chi connectivity index (χ1n) is 12.3. The van der Waals surface area contributed by atoms with Crippen molar-refractivity contribution >= 4 is 18.0 Å². The molecule has 7 nitrogen and oxygen atoms in total. The van der Waals surface area contributed by atoms with Gasteiger partial charge in [0.15, 0.2) is 0 Å². The molecule has 7 heteroatoms. The van der Waals surface area contributed by atoms with Crippen molar-refractivity contribution in [1.82, 2.24) is 5.32 Å². The van der Waals surface area contributed by atoms with E-state index in [9.17, 15) is 19.5 Å². The number of ether oxygens (including phenoxy) is 2. The van der Waals surface area contributed by atoms with E-state index in [1.165, 1.54) is 0 Å². The van der Waals surface area contributed by atoms with Crippen LogP contribution in [0.1, 0.15) is 60.2 Å². The maximum atomic E-state index is 12.6. The van der Waals surface area contributed by atoms with Gasteiger partial charge in [0.2, 0.25) is 0 Å². The molecule has 1 aliphatic rings. The summed E-state index contributed by atoms with van der Waals surface area (Å²) in [4.78, 5) is 37.1. The second kappa shape index (κ2) is 10.9. The molecule has 2 N–H and O–H groups in total. The van der Waals surface area contributed by atoms with Gasteiger partial charge in [0.05, 0.1) is 5.56 Å². The van der Waals surface area contributed by atoms with Gasteiger partial charge in [0.25, 0.3) is 0 Å². The topological polar surface area (TPSA) is 102 Å². The molecule has 3 aromatic rings. The highest BCUT2D eigenvalue weighted by molar-refractivity contribution is 5.91. The molecular weight excluding hydrogens is 470 g/mol. The predicted octanol–water partition coefficient (Wildman–Crippen LogP) is 5.57. The summed E-state index contributed by atoms with van der Waals surface area (Å²) in [5.41, 5.74) is 4.74. The van der Waals surface area contributed by atoms with E-state index in [4.69, 9.17) is 9.47 Å². The van der Waals surface area contributed by atoms with Crippen LogP contribution in [0.2, 0.25) is 0 Å². The molecule has 0 fully saturated rings. The number of fused-ring (bicyclic) bond motifs is 3. The summed E-state index contributed by atoms with van der Waals surface area (Å²) < 4.78 is 11.0. The van der Waals surface area contributed by atoms with Crippen molar-refractivity contribution in [2.24, 2.45) is 0 Å². The van der Waals surface area contributed by atoms with Crippen LogP contribution in [0.15, 0.2) is 72.8 Å². The molecule has 37 heavy (non-hydrogen) atoms. The third-order valence-electron chi connectivity index (χ3n) is 6.27. The summed E-state index contributed by atoms with van der Waals surface area (Å²) in [5.74, 6) is -1.77. The van der Waals surface area contributed by atoms with E-state index in [-0.39, 0.29) is 25.4 Å². The zero-order valence-corrected chi connectivity index (χ0v) is 21.2. The van der Waals surface area contributed by atoms with Crippen molar-refractivity contribution in [3.8, 4) is 11.1 Å². The Labute approximate surface area is 216 Å². The van der Waals surface area contributed by atoms with Gasteiger partial charge in [-0.25, -0.2) is 14.4 Å². The monoisotopic (exact) mass is 501 g/mol. The van der Waals surface area contributed by atoms with Crippen molar-refractivity contribution < 1.29 is 29.0 Å². The molecule has 0 spiro atoms. The summed E-state index contributed by atoms with van der Waals surface area (Å²) in [6.07, 6.45) is -0.454. The Bertz CT molecular complexity index is 1260. The van der Waals surface area contributed by atoms with Gasteiger partial charge in [0, 0.05) is 5.92 Å². The lowest BCUT2D eigenvalue weighted by Gasteiger charge is -2.21. The highest BCUT2D eigenvalue weighted by Crippen LogP contribution is 2.44. The van der Waals surface area contributed by atoms with Crippen LogP contribution in [0, 0.1) is 0 Å². The lowest BCUT2D eigenvalue weighted by Crippen LogP contribution is -2.41. The number of benzene rings is 3. The SMILES string of the molecule is CC(C)(C)OC(=O)c1ccccc1CC[C@@H](NC(=O)OCC1c2ccccc2-c2ccccc21)C(=O)O. The Hall–Kier alpha value is -4.13. The zero-order chi connectivity index (χ0) is 26.6. The Morgan fingerprint density at radius 3 is 2.05 bits per heavy atom. The molecule has 3 aromatic carbocycles. The molecule has 1 amide bonds. The Balaban J connectivity index is 1.39. The predicted molar refractivity (Wildman–Crippen MR) is 140 cm³/mol. The molecule has 1 aliphatic carbocycles. The largest absolute Gasteiger partial charge is 0.480 e. The first kappa shape index (κ1) is 25.9. The van der Waals surface area contributed by atoms with Crippen molar-refractivity contribution in [3.05, 3.63) is 95.1 Å². The van der Waals surface area contributed by atoms with Crippen LogP contribution in [0.5, 0.6) is 0 Å². The van der Waals surface area contributed by atoms with E-state index in [0.717, 1.165) is 22.3 Å². The third kappa shape index (κ3) is 6.17. The van der Waals surface area contributed by atoms with E-state index in [1.54, 1.807) is 45.0 Å². The fraction of sp³-hybridized carbons (Fsp3) is 0.300. The molecule has 0 heterocycles. The molecule has 1 atom stereocenters. The van der Waals surface area contributed by atoms with E-state index < -0.39 is 29.7 Å². The summed E-state index contributed by atoms with van der Waals surface area (Å²) in [6, 6.07) is 21.7. The van der Waals surface area contributed by atoms with Crippen LogP contribution in [-0.4, -0.2) is 41.4 Å². The average Bonchev–Trinajstić information content (AvgIpc) is 3.18. The number of alkyl carbamates (subject to hydrolysis) is 1. The molecule has 4 rings (SSSR count). The first-order valence-corrected chi connectivity index (χ1v) is 12.3. The number of esters is 1. The van der Waals surface area contributed by atoms with Gasteiger partial charge in [-0.15, -0.1) is 0 Å². The number of carboxylic acid groups (broad SMARTS) is 1. The third-order valence-corrected chi connectivity index (χ3v) is 6.27. The number of hydrogen-bond donors (Lipinski definition) is 2. The molecular formula is C30H31NO6. The van der Waals surface area contributed by atoms with Crippen LogP contribution in [0.4, 0.5) is 4.79 Å². The quantitative estimate of drug-likeness (QED) is 0.392. The fourth-order valence-electron chi connectivity index (χ4n) is 4.61. The van der Waals surface area contributed by atoms with Crippen molar-refractivity contribution in [2.75, 3.05) is 6.61 Å². The van der Waals surface area contributed by atoms with Gasteiger partial charge < -0.3 is 19.9 Å². The zero-order valence-electron chi connectivity index (χ0n) is 21.2. The normalized spacial score (nSPS) is 13.3. The smallest absolute Gasteiger partial charge is 0.407 e. The summed E-state index contributed by atoms with van der Waals surface area (Å²) in [5, 5.41) is 12.2. The second-order valence-corrected chi connectivity index (χ2v) is 10.1. The molecule has 0 saturated carbocycles. The van der Waals surface area contributed by atoms with Gasteiger partial charge in [-0.3, -0.25) is 0 Å². The number of carbonyl (C=O) groups is 3. The summed E-state index contributed by atoms with van der Waals surface area (Å²) in [6.45, 7) is 5.44. The standard InChI is InChI=1S/C30H31NO6/c1-30(2,3)37-28(34)20-11-5-4-10-19(20)16-17-26(27(32)33)31-29(35)36-18-25-23-14-8-6-12-21(23)22-13-7-9-15-24(22)25/h4-15,25-26H,16-18H2,1-3H3,(H,31,35)(H,32,33)/t26-/m1/s1. The van der Waals surface area contributed by atoms with Crippen LogP contribution in [-0.2, 0) is 20.7 Å². The molecule has 0 aliphatic heterocycles. The van der Waals surface area contributed by atoms with E-state index >= 15 is 0 Å². The number of nitrogens with one attached hydrogen (secondary N) is 1. The van der Waals surface area contributed by atoms with Crippen LogP contribution >= 0.6 is 0 Å². The molecule has 0 unspecified atom stereocenters. The minimum absolute atomic E-state index is 0.0827. The number of hydrogen-bond acceptors (Lipinski definition) is 5. The number of aryl methyl sites for hydroxylation is 1. The second-order valence-electron chi connectivity index (χ2n) is 10.1. The van der Waals surface area contributed by atoms with Crippen molar-refractivity contribution in [3.63, 3.8) is 0 Å². The first-order chi connectivity index (χ1) is 17.6. The van der Waals surface area contributed by atoms with Gasteiger partial charge >= 0.3 is 18.0 Å². The Kier molecular flexibility index (Phi) is 7.62. The molecule has 0 saturated heterocycles. The maximum absolute atomic E-state index is 12.6. The molecule has 192 valence electrons. The lowest BCUT2D eigenvalue weighted by atomic mass is 9.98. The summed E-state index contributed by atoms with van der Waals surface area (Å²) in [7, 11) is 0. The average molecular weight is 502 g/mol. The Morgan fingerprint density at radius 1 is 0.892 bits per heavy atom. The van der Waals surface area contributed by atoms with Crippen LogP contribution in [0.25, 0.3) is 11.1 Å². The summed E-state index contributed by atoms with van der Waals surface area (Å²) >= 11 is 0. The van der Waals surface area contributed by atoms with Crippen molar-refractivity contribution in [1.29, 1.82) is 0 Å². The molecule has 0 bridgehead atoms. The fourth-order valence-corrected chi connectivity index (χ4v) is 4.61. The number of carbonyl (C=O) groups excluding carboxylic acids is 2. The van der Waals surface area contributed by atoms with E-state index in [1.807, 2.05) is 48.5 Å². The Morgan fingerprint density at radius 2 is 1.46 bits per heavy atom. The van der Waals surface area contributed by atoms with E-state index in [2.05, 4.69) is 5.32 Å². The lowest BCUT2D eigenvalue weighted by molar-refractivity contribution is -0.139. The van der Waals surface area contributed by atoms with Crippen molar-refractivity contribution in [2.45, 2.75) is 51.2 Å². The van der Waals surface area contributed by atoms with Crippen LogP contribution in [0.3, 0.4) is 0 Å². The molecule has 0 radical (unpaired) electrons. The number of amides is 1. The molecule has 0 aromatic heterocycles. The van der Waals surface area contributed by atoms with Gasteiger partial charge in [-0.05, 0) is 67.5 Å².